The van der Waals surface area contributed by atoms with Gasteiger partial charge in [0.15, 0.2) is 23.7 Å². The van der Waals surface area contributed by atoms with E-state index < -0.39 is 64.5 Å². The first-order valence-corrected chi connectivity index (χ1v) is 9.91. The second kappa shape index (κ2) is 10.5. The fourth-order valence-corrected chi connectivity index (χ4v) is 3.91. The number of carbonyl (C=O) groups excluding carboxylic acids is 4. The topological polar surface area (TPSA) is 132 Å². The minimum atomic E-state index is -1.67. The summed E-state index contributed by atoms with van der Waals surface area (Å²) < 4.78 is 39.2. The van der Waals surface area contributed by atoms with E-state index in [1.54, 1.807) is 13.8 Å². The molecule has 0 radical (unpaired) electrons. The summed E-state index contributed by atoms with van der Waals surface area (Å²) in [7, 11) is -1.67. The van der Waals surface area contributed by atoms with Gasteiger partial charge >= 0.3 is 23.9 Å². The molecule has 0 aromatic rings. The molecule has 0 saturated carbocycles. The number of carbonyl (C=O) groups is 4. The summed E-state index contributed by atoms with van der Waals surface area (Å²) >= 11 is 0. The Morgan fingerprint density at radius 2 is 1.29 bits per heavy atom. The first-order chi connectivity index (χ1) is 12.9. The molecule has 6 atom stereocenters. The Bertz CT molecular complexity index is 631. The zero-order chi connectivity index (χ0) is 21.6. The number of hydrogen-bond acceptors (Lipinski definition) is 10. The van der Waals surface area contributed by atoms with Crippen LogP contribution in [0.4, 0.5) is 0 Å². The van der Waals surface area contributed by atoms with Crippen molar-refractivity contribution in [2.45, 2.75) is 76.6 Å². The lowest BCUT2D eigenvalue weighted by Crippen LogP contribution is -2.63. The second-order valence-corrected chi connectivity index (χ2v) is 8.51. The van der Waals surface area contributed by atoms with Crippen LogP contribution in [0.3, 0.4) is 0 Å². The molecule has 0 aliphatic carbocycles. The number of ether oxygens (including phenoxy) is 5. The maximum atomic E-state index is 12.8. The van der Waals surface area contributed by atoms with E-state index in [0.29, 0.717) is 0 Å². The van der Waals surface area contributed by atoms with Crippen LogP contribution in [0.1, 0.15) is 41.5 Å². The Hall–Kier alpha value is -2.01. The van der Waals surface area contributed by atoms with Crippen molar-refractivity contribution < 1.29 is 47.1 Å². The van der Waals surface area contributed by atoms with Crippen LogP contribution in [-0.4, -0.2) is 69.8 Å². The highest BCUT2D eigenvalue weighted by Gasteiger charge is 2.54. The summed E-state index contributed by atoms with van der Waals surface area (Å²) in [5.74, 6) is -2.79. The molecule has 160 valence electrons. The van der Waals surface area contributed by atoms with Crippen LogP contribution in [0, 0.1) is 0 Å². The zero-order valence-electron chi connectivity index (χ0n) is 16.7. The summed E-state index contributed by atoms with van der Waals surface area (Å²) in [6, 6.07) is 0. The average Bonchev–Trinajstić information content (AvgIpc) is 2.54. The third kappa shape index (κ3) is 6.86. The van der Waals surface area contributed by atoms with E-state index in [0.717, 1.165) is 20.8 Å². The van der Waals surface area contributed by atoms with Crippen molar-refractivity contribution in [2.75, 3.05) is 6.61 Å². The molecule has 1 rings (SSSR count). The molecule has 10 nitrogen and oxygen atoms in total. The molecule has 0 bridgehead atoms. The Labute approximate surface area is 165 Å². The highest BCUT2D eigenvalue weighted by atomic mass is 32.2. The van der Waals surface area contributed by atoms with Gasteiger partial charge < -0.3 is 23.7 Å². The zero-order valence-corrected chi connectivity index (χ0v) is 17.5. The normalized spacial score (nSPS) is 28.2. The molecule has 0 spiro atoms. The molecule has 0 aromatic heterocycles. The number of esters is 4. The summed E-state index contributed by atoms with van der Waals surface area (Å²) in [6.07, 6.45) is -4.92. The Balaban J connectivity index is 3.39. The van der Waals surface area contributed by atoms with Gasteiger partial charge in [0.2, 0.25) is 0 Å². The summed E-state index contributed by atoms with van der Waals surface area (Å²) in [5, 5.41) is -0.388. The molecular formula is C17H26O10S. The van der Waals surface area contributed by atoms with Crippen molar-refractivity contribution in [2.24, 2.45) is 0 Å². The summed E-state index contributed by atoms with van der Waals surface area (Å²) in [5.41, 5.74) is -1.19. The highest BCUT2D eigenvalue weighted by Crippen LogP contribution is 2.31. The standard InChI is InChI=1S/C17H26O10S/c1-8(2)28(22)17-16(26-12(6)21)15(25-11(5)20)14(24-10(4)19)13(27-17)7-23-9(3)18/h8,13-17H,7H2,1-6H3/t13-,14-,15+,16-,17+,28?/m1/s1. The van der Waals surface area contributed by atoms with Crippen LogP contribution in [0.2, 0.25) is 0 Å². The maximum absolute atomic E-state index is 12.8. The Morgan fingerprint density at radius 1 is 0.821 bits per heavy atom. The molecule has 0 N–H and O–H groups in total. The Kier molecular flexibility index (Phi) is 9.02. The van der Waals surface area contributed by atoms with Crippen LogP contribution in [0.15, 0.2) is 0 Å². The van der Waals surface area contributed by atoms with Crippen LogP contribution in [0.25, 0.3) is 0 Å². The summed E-state index contributed by atoms with van der Waals surface area (Å²) in [6.45, 7) is 7.57. The lowest BCUT2D eigenvalue weighted by Gasteiger charge is -2.44. The molecule has 0 amide bonds. The van der Waals surface area contributed by atoms with Crippen LogP contribution >= 0.6 is 0 Å². The predicted octanol–water partition coefficient (Wildman–Crippen LogP) is 0.227. The van der Waals surface area contributed by atoms with Gasteiger partial charge in [0.1, 0.15) is 12.7 Å². The van der Waals surface area contributed by atoms with Gasteiger partial charge in [0, 0.05) is 32.9 Å². The molecule has 1 aliphatic rings. The fraction of sp³-hybridized carbons (Fsp3) is 0.765. The highest BCUT2D eigenvalue weighted by molar-refractivity contribution is 7.86. The van der Waals surface area contributed by atoms with Gasteiger partial charge in [-0.1, -0.05) is 13.8 Å². The molecule has 1 heterocycles. The predicted molar refractivity (Wildman–Crippen MR) is 95.2 cm³/mol. The van der Waals surface area contributed by atoms with Crippen molar-refractivity contribution >= 4 is 34.7 Å². The van der Waals surface area contributed by atoms with E-state index in [4.69, 9.17) is 23.7 Å². The van der Waals surface area contributed by atoms with E-state index >= 15 is 0 Å². The molecule has 1 unspecified atom stereocenters. The van der Waals surface area contributed by atoms with Crippen molar-refractivity contribution in [3.8, 4) is 0 Å². The largest absolute Gasteiger partial charge is 0.463 e. The monoisotopic (exact) mass is 422 g/mol. The van der Waals surface area contributed by atoms with Gasteiger partial charge in [-0.15, -0.1) is 0 Å². The van der Waals surface area contributed by atoms with Gasteiger partial charge in [-0.25, -0.2) is 0 Å². The third-order valence-electron chi connectivity index (χ3n) is 3.64. The molecule has 1 saturated heterocycles. The quantitative estimate of drug-likeness (QED) is 0.415. The van der Waals surface area contributed by atoms with Gasteiger partial charge in [-0.2, -0.15) is 0 Å². The van der Waals surface area contributed by atoms with Crippen LogP contribution < -0.4 is 0 Å². The fourth-order valence-electron chi connectivity index (χ4n) is 2.64. The first-order valence-electron chi connectivity index (χ1n) is 8.63. The lowest BCUT2D eigenvalue weighted by atomic mass is 9.99. The van der Waals surface area contributed by atoms with E-state index in [1.165, 1.54) is 6.92 Å². The molecule has 0 aromatic carbocycles. The van der Waals surface area contributed by atoms with E-state index in [2.05, 4.69) is 0 Å². The lowest BCUT2D eigenvalue weighted by molar-refractivity contribution is -0.238. The maximum Gasteiger partial charge on any atom is 0.303 e. The van der Waals surface area contributed by atoms with Crippen molar-refractivity contribution in [3.05, 3.63) is 0 Å². The van der Waals surface area contributed by atoms with Gasteiger partial charge in [-0.05, 0) is 0 Å². The molecule has 1 fully saturated rings. The van der Waals surface area contributed by atoms with E-state index in [1.807, 2.05) is 0 Å². The van der Waals surface area contributed by atoms with Crippen LogP contribution in [0.5, 0.6) is 0 Å². The van der Waals surface area contributed by atoms with Gasteiger partial charge in [0.25, 0.3) is 0 Å². The van der Waals surface area contributed by atoms with Crippen LogP contribution in [-0.2, 0) is 53.7 Å². The smallest absolute Gasteiger partial charge is 0.303 e. The minimum absolute atomic E-state index is 0.344. The van der Waals surface area contributed by atoms with E-state index in [9.17, 15) is 23.4 Å². The SMILES string of the molecule is CC(=O)OC[C@H]1O[C@@H](S(=O)C(C)C)[C@H](OC(C)=O)[C@@H](OC(C)=O)[C@@H]1OC(C)=O. The molecule has 1 aliphatic heterocycles. The van der Waals surface area contributed by atoms with Gasteiger partial charge in [-0.3, -0.25) is 23.4 Å². The van der Waals surface area contributed by atoms with Crippen molar-refractivity contribution in [3.63, 3.8) is 0 Å². The summed E-state index contributed by atoms with van der Waals surface area (Å²) in [4.78, 5) is 46.1. The minimum Gasteiger partial charge on any atom is -0.463 e. The number of hydrogen-bond donors (Lipinski definition) is 0. The first kappa shape index (κ1) is 24.0. The molecule has 11 heteroatoms. The third-order valence-corrected chi connectivity index (χ3v) is 5.41. The number of rotatable bonds is 7. The average molecular weight is 422 g/mol. The van der Waals surface area contributed by atoms with Crippen molar-refractivity contribution in [1.82, 2.24) is 0 Å². The van der Waals surface area contributed by atoms with Crippen molar-refractivity contribution in [1.29, 1.82) is 0 Å². The Morgan fingerprint density at radius 3 is 1.71 bits per heavy atom. The second-order valence-electron chi connectivity index (χ2n) is 6.44. The molecule has 28 heavy (non-hydrogen) atoms. The van der Waals surface area contributed by atoms with E-state index in [-0.39, 0.29) is 11.9 Å². The van der Waals surface area contributed by atoms with Gasteiger partial charge in [0.05, 0.1) is 10.8 Å². The molecular weight excluding hydrogens is 396 g/mol.